The Morgan fingerprint density at radius 2 is 1.91 bits per heavy atom. The molecule has 0 spiro atoms. The van der Waals surface area contributed by atoms with Gasteiger partial charge in [-0.15, -0.1) is 0 Å². The lowest BCUT2D eigenvalue weighted by molar-refractivity contribution is 0.359. The molecule has 3 aromatic rings. The average Bonchev–Trinajstić information content (AvgIpc) is 2.94. The van der Waals surface area contributed by atoms with Crippen LogP contribution in [0.25, 0.3) is 22.2 Å². The summed E-state index contributed by atoms with van der Waals surface area (Å²) < 4.78 is 5.83. The number of hydrogen-bond acceptors (Lipinski definition) is 2. The highest BCUT2D eigenvalue weighted by Crippen LogP contribution is 2.29. The Bertz CT molecular complexity index is 846. The van der Waals surface area contributed by atoms with Gasteiger partial charge in [-0.05, 0) is 61.2 Å². The summed E-state index contributed by atoms with van der Waals surface area (Å²) in [6, 6.07) is 12.8. The number of allylic oxidation sites excluding steroid dienone is 1. The number of aromatic amines is 1. The van der Waals surface area contributed by atoms with Gasteiger partial charge in [0.1, 0.15) is 18.2 Å². The van der Waals surface area contributed by atoms with E-state index in [1.807, 2.05) is 26.0 Å². The molecule has 1 heterocycles. The Labute approximate surface area is 137 Å². The molecule has 23 heavy (non-hydrogen) atoms. The molecule has 0 fully saturated rings. The number of H-pyrrole nitrogens is 1. The first-order valence-electron chi connectivity index (χ1n) is 8.05. The molecule has 118 valence electrons. The average molecular weight is 306 g/mol. The molecule has 1 aromatic heterocycles. The minimum atomic E-state index is 0.613. The van der Waals surface area contributed by atoms with Crippen LogP contribution in [0.15, 0.2) is 48.6 Å². The van der Waals surface area contributed by atoms with Crippen LogP contribution in [0.3, 0.4) is 0 Å². The van der Waals surface area contributed by atoms with E-state index in [0.29, 0.717) is 6.61 Å². The number of nitrogens with one attached hydrogen (secondary N) is 1. The van der Waals surface area contributed by atoms with Crippen LogP contribution >= 0.6 is 0 Å². The van der Waals surface area contributed by atoms with E-state index < -0.39 is 0 Å². The molecule has 3 rings (SSSR count). The van der Waals surface area contributed by atoms with Crippen LogP contribution in [-0.2, 0) is 6.42 Å². The Balaban J connectivity index is 1.94. The van der Waals surface area contributed by atoms with Gasteiger partial charge >= 0.3 is 0 Å². The molecule has 0 radical (unpaired) electrons. The normalized spacial score (nSPS) is 11.4. The van der Waals surface area contributed by atoms with E-state index in [2.05, 4.69) is 53.3 Å². The van der Waals surface area contributed by atoms with Crippen molar-refractivity contribution in [3.05, 3.63) is 59.9 Å². The van der Waals surface area contributed by atoms with Gasteiger partial charge in [-0.25, -0.2) is 4.98 Å². The maximum Gasteiger partial charge on any atom is 0.122 e. The van der Waals surface area contributed by atoms with E-state index in [1.54, 1.807) is 0 Å². The topological polar surface area (TPSA) is 37.9 Å². The lowest BCUT2D eigenvalue weighted by Crippen LogP contribution is -1.97. The highest BCUT2D eigenvalue weighted by Gasteiger charge is 2.07. The molecule has 0 bridgehead atoms. The number of rotatable bonds is 5. The second-order valence-corrected chi connectivity index (χ2v) is 5.61. The van der Waals surface area contributed by atoms with Crippen molar-refractivity contribution in [1.82, 2.24) is 9.97 Å². The molecule has 3 heteroatoms. The molecule has 3 nitrogen and oxygen atoms in total. The van der Waals surface area contributed by atoms with Gasteiger partial charge in [0.2, 0.25) is 0 Å². The fraction of sp³-hybridized carbons (Fsp3) is 0.250. The fourth-order valence-corrected chi connectivity index (χ4v) is 2.73. The molecular weight excluding hydrogens is 284 g/mol. The van der Waals surface area contributed by atoms with Crippen LogP contribution in [0, 0.1) is 6.92 Å². The molecule has 0 aliphatic carbocycles. The van der Waals surface area contributed by atoms with Crippen molar-refractivity contribution < 1.29 is 4.74 Å². The van der Waals surface area contributed by atoms with Gasteiger partial charge in [-0.2, -0.15) is 0 Å². The minimum Gasteiger partial charge on any atom is -0.489 e. The van der Waals surface area contributed by atoms with Crippen molar-refractivity contribution in [1.29, 1.82) is 0 Å². The monoisotopic (exact) mass is 306 g/mol. The van der Waals surface area contributed by atoms with Gasteiger partial charge in [0.15, 0.2) is 0 Å². The van der Waals surface area contributed by atoms with E-state index in [1.165, 1.54) is 16.7 Å². The number of benzene rings is 2. The molecule has 0 unspecified atom stereocenters. The Morgan fingerprint density at radius 1 is 1.13 bits per heavy atom. The molecule has 0 amide bonds. The van der Waals surface area contributed by atoms with Crippen LogP contribution in [0.1, 0.15) is 25.2 Å². The van der Waals surface area contributed by atoms with Gasteiger partial charge in [-0.3, -0.25) is 0 Å². The van der Waals surface area contributed by atoms with Crippen LogP contribution in [0.2, 0.25) is 0 Å². The summed E-state index contributed by atoms with van der Waals surface area (Å²) in [5.74, 6) is 1.91. The molecule has 0 aliphatic rings. The summed E-state index contributed by atoms with van der Waals surface area (Å²) in [5.41, 5.74) is 5.71. The molecular formula is C20H22N2O. The highest BCUT2D eigenvalue weighted by molar-refractivity contribution is 5.82. The summed E-state index contributed by atoms with van der Waals surface area (Å²) in [5, 5.41) is 0. The smallest absolute Gasteiger partial charge is 0.122 e. The summed E-state index contributed by atoms with van der Waals surface area (Å²) in [6.07, 6.45) is 4.97. The quantitative estimate of drug-likeness (QED) is 0.669. The standard InChI is InChI=1S/C20H22N2O/c1-4-6-11-23-20-10-8-16(12-15(20)5-2)17-7-9-18-19(13-17)22-14(3)21-18/h4,6-10,12-13H,5,11H2,1-3H3,(H,21,22)/b6-4-. The largest absolute Gasteiger partial charge is 0.489 e. The zero-order valence-electron chi connectivity index (χ0n) is 13.9. The van der Waals surface area contributed by atoms with E-state index in [9.17, 15) is 0 Å². The first kappa shape index (κ1) is 15.3. The maximum atomic E-state index is 5.83. The van der Waals surface area contributed by atoms with Gasteiger partial charge in [0, 0.05) is 0 Å². The van der Waals surface area contributed by atoms with Crippen molar-refractivity contribution in [3.8, 4) is 16.9 Å². The number of fused-ring (bicyclic) bond motifs is 1. The summed E-state index contributed by atoms with van der Waals surface area (Å²) in [4.78, 5) is 7.76. The van der Waals surface area contributed by atoms with Gasteiger partial charge < -0.3 is 9.72 Å². The number of ether oxygens (including phenoxy) is 1. The van der Waals surface area contributed by atoms with Crippen molar-refractivity contribution in [2.45, 2.75) is 27.2 Å². The SMILES string of the molecule is C/C=C\COc1ccc(-c2ccc3nc(C)[nH]c3c2)cc1CC. The van der Waals surface area contributed by atoms with Crippen LogP contribution in [0.4, 0.5) is 0 Å². The third kappa shape index (κ3) is 3.29. The lowest BCUT2D eigenvalue weighted by atomic mass is 10.0. The van der Waals surface area contributed by atoms with E-state index in [0.717, 1.165) is 29.0 Å². The second kappa shape index (κ2) is 6.69. The van der Waals surface area contributed by atoms with Crippen LogP contribution in [0.5, 0.6) is 5.75 Å². The number of aromatic nitrogens is 2. The van der Waals surface area contributed by atoms with Crippen LogP contribution in [-0.4, -0.2) is 16.6 Å². The minimum absolute atomic E-state index is 0.613. The molecule has 0 atom stereocenters. The molecule has 2 aromatic carbocycles. The Hall–Kier alpha value is -2.55. The van der Waals surface area contributed by atoms with Crippen molar-refractivity contribution in [3.63, 3.8) is 0 Å². The summed E-state index contributed by atoms with van der Waals surface area (Å²) in [7, 11) is 0. The second-order valence-electron chi connectivity index (χ2n) is 5.61. The zero-order valence-corrected chi connectivity index (χ0v) is 13.9. The predicted molar refractivity (Wildman–Crippen MR) is 96.0 cm³/mol. The molecule has 0 saturated heterocycles. The number of aryl methyl sites for hydroxylation is 2. The Morgan fingerprint density at radius 3 is 2.70 bits per heavy atom. The van der Waals surface area contributed by atoms with E-state index in [-0.39, 0.29) is 0 Å². The van der Waals surface area contributed by atoms with Gasteiger partial charge in [0.05, 0.1) is 11.0 Å². The van der Waals surface area contributed by atoms with E-state index >= 15 is 0 Å². The van der Waals surface area contributed by atoms with E-state index in [4.69, 9.17) is 4.74 Å². The number of hydrogen-bond donors (Lipinski definition) is 1. The number of nitrogens with zero attached hydrogens (tertiary/aromatic N) is 1. The van der Waals surface area contributed by atoms with Gasteiger partial charge in [0.25, 0.3) is 0 Å². The highest BCUT2D eigenvalue weighted by atomic mass is 16.5. The molecule has 0 saturated carbocycles. The Kier molecular flexibility index (Phi) is 4.47. The van der Waals surface area contributed by atoms with Gasteiger partial charge in [-0.1, -0.05) is 31.2 Å². The van der Waals surface area contributed by atoms with Crippen molar-refractivity contribution in [2.75, 3.05) is 6.61 Å². The lowest BCUT2D eigenvalue weighted by Gasteiger charge is -2.11. The zero-order chi connectivity index (χ0) is 16.2. The third-order valence-electron chi connectivity index (χ3n) is 3.95. The summed E-state index contributed by atoms with van der Waals surface area (Å²) in [6.45, 7) is 6.75. The van der Waals surface area contributed by atoms with Crippen LogP contribution < -0.4 is 4.74 Å². The van der Waals surface area contributed by atoms with Crippen molar-refractivity contribution in [2.24, 2.45) is 0 Å². The maximum absolute atomic E-state index is 5.83. The van der Waals surface area contributed by atoms with Crippen molar-refractivity contribution >= 4 is 11.0 Å². The first-order valence-corrected chi connectivity index (χ1v) is 8.05. The fourth-order valence-electron chi connectivity index (χ4n) is 2.73. The predicted octanol–water partition coefficient (Wildman–Crippen LogP) is 5.06. The first-order chi connectivity index (χ1) is 11.2. The number of imidazole rings is 1. The molecule has 1 N–H and O–H groups in total. The molecule has 0 aliphatic heterocycles. The third-order valence-corrected chi connectivity index (χ3v) is 3.95. The summed E-state index contributed by atoms with van der Waals surface area (Å²) >= 11 is 0.